The van der Waals surface area contributed by atoms with Crippen molar-refractivity contribution in [1.29, 1.82) is 0 Å². The number of alkyl halides is 3. The summed E-state index contributed by atoms with van der Waals surface area (Å²) in [6.07, 6.45) is -1.10. The summed E-state index contributed by atoms with van der Waals surface area (Å²) in [5.74, 6) is -0.602. The van der Waals surface area contributed by atoms with Crippen LogP contribution >= 0.6 is 0 Å². The summed E-state index contributed by atoms with van der Waals surface area (Å²) in [4.78, 5) is 16.9. The van der Waals surface area contributed by atoms with Crippen LogP contribution in [0.3, 0.4) is 0 Å². The van der Waals surface area contributed by atoms with Gasteiger partial charge in [-0.15, -0.1) is 0 Å². The molecule has 7 heteroatoms. The van der Waals surface area contributed by atoms with Crippen molar-refractivity contribution in [3.8, 4) is 5.75 Å². The number of carbonyl (C=O) groups is 1. The Morgan fingerprint density at radius 1 is 1.37 bits per heavy atom. The molecule has 0 fully saturated rings. The van der Waals surface area contributed by atoms with Crippen molar-refractivity contribution in [3.05, 3.63) is 35.7 Å². The molecule has 0 aliphatic carbocycles. The number of hydrogen-bond donors (Lipinski definition) is 1. The molecule has 0 aromatic carbocycles. The molecule has 0 unspecified atom stereocenters. The average molecular weight is 272 g/mol. The number of nitrogens with zero attached hydrogens (tertiary/aromatic N) is 2. The van der Waals surface area contributed by atoms with E-state index in [0.717, 1.165) is 6.08 Å². The second-order valence-electron chi connectivity index (χ2n) is 4.16. The summed E-state index contributed by atoms with van der Waals surface area (Å²) in [7, 11) is 0. The highest BCUT2D eigenvalue weighted by Crippen LogP contribution is 2.30. The van der Waals surface area contributed by atoms with Gasteiger partial charge >= 0.3 is 6.18 Å². The Kier molecular flexibility index (Phi) is 3.46. The quantitative estimate of drug-likeness (QED) is 0.797. The van der Waals surface area contributed by atoms with Crippen molar-refractivity contribution in [2.45, 2.75) is 12.6 Å². The monoisotopic (exact) mass is 272 g/mol. The third-order valence-electron chi connectivity index (χ3n) is 2.83. The Labute approximate surface area is 107 Å². The van der Waals surface area contributed by atoms with E-state index in [-0.39, 0.29) is 30.8 Å². The van der Waals surface area contributed by atoms with E-state index < -0.39 is 17.7 Å². The smallest absolute Gasteiger partial charge is 0.412 e. The number of hydrogen-bond acceptors (Lipinski definition) is 3. The Balaban J connectivity index is 2.10. The van der Waals surface area contributed by atoms with Crippen molar-refractivity contribution in [2.24, 2.45) is 0 Å². The van der Waals surface area contributed by atoms with E-state index in [9.17, 15) is 23.1 Å². The summed E-state index contributed by atoms with van der Waals surface area (Å²) < 4.78 is 37.3. The van der Waals surface area contributed by atoms with Crippen molar-refractivity contribution in [3.63, 3.8) is 0 Å². The maximum Gasteiger partial charge on any atom is 0.412 e. The maximum absolute atomic E-state index is 12.4. The summed E-state index contributed by atoms with van der Waals surface area (Å²) in [5.41, 5.74) is -0.450. The predicted molar refractivity (Wildman–Crippen MR) is 60.6 cm³/mol. The van der Waals surface area contributed by atoms with Crippen LogP contribution in [0.25, 0.3) is 0 Å². The molecule has 0 saturated carbocycles. The van der Waals surface area contributed by atoms with Gasteiger partial charge < -0.3 is 10.0 Å². The second-order valence-corrected chi connectivity index (χ2v) is 4.16. The van der Waals surface area contributed by atoms with Crippen LogP contribution in [0.5, 0.6) is 5.75 Å². The third-order valence-corrected chi connectivity index (χ3v) is 2.83. The average Bonchev–Trinajstić information content (AvgIpc) is 2.37. The molecule has 1 aliphatic rings. The van der Waals surface area contributed by atoms with E-state index in [2.05, 4.69) is 4.98 Å². The molecular formula is C12H11F3N2O2. The number of pyridine rings is 1. The summed E-state index contributed by atoms with van der Waals surface area (Å²) >= 11 is 0. The van der Waals surface area contributed by atoms with Crippen LogP contribution in [0.4, 0.5) is 13.2 Å². The van der Waals surface area contributed by atoms with Gasteiger partial charge in [-0.2, -0.15) is 13.2 Å². The lowest BCUT2D eigenvalue weighted by molar-refractivity contribution is -0.0957. The minimum absolute atomic E-state index is 0.000166. The molecule has 1 amide bonds. The minimum atomic E-state index is -4.33. The summed E-state index contributed by atoms with van der Waals surface area (Å²) in [5, 5.41) is 9.22. The highest BCUT2D eigenvalue weighted by atomic mass is 19.4. The molecule has 102 valence electrons. The van der Waals surface area contributed by atoms with Gasteiger partial charge in [0.05, 0.1) is 11.8 Å². The van der Waals surface area contributed by atoms with Gasteiger partial charge in [0.1, 0.15) is 5.75 Å². The van der Waals surface area contributed by atoms with Crippen molar-refractivity contribution in [2.75, 3.05) is 13.1 Å². The number of carbonyl (C=O) groups excluding carboxylic acids is 1. The molecular weight excluding hydrogens is 261 g/mol. The van der Waals surface area contributed by atoms with E-state index in [1.165, 1.54) is 23.4 Å². The Bertz CT molecular complexity index is 526. The molecule has 4 nitrogen and oxygen atoms in total. The topological polar surface area (TPSA) is 53.4 Å². The number of rotatable bonds is 1. The molecule has 0 atom stereocenters. The molecule has 0 bridgehead atoms. The van der Waals surface area contributed by atoms with Crippen molar-refractivity contribution < 1.29 is 23.1 Å². The number of amides is 1. The predicted octanol–water partition coefficient (Wildman–Crippen LogP) is 2.12. The standard InChI is InChI=1S/C12H11F3N2O2/c13-12(14,15)9-1-3-17(4-2-9)11(19)8-5-10(18)7-16-6-8/h1,5-7,18H,2-4H2. The van der Waals surface area contributed by atoms with E-state index in [1.807, 2.05) is 0 Å². The van der Waals surface area contributed by atoms with Crippen LogP contribution in [0.1, 0.15) is 16.8 Å². The number of aromatic nitrogens is 1. The van der Waals surface area contributed by atoms with Crippen molar-refractivity contribution in [1.82, 2.24) is 9.88 Å². The SMILES string of the molecule is O=C(c1cncc(O)c1)N1CC=C(C(F)(F)F)CC1. The fourth-order valence-corrected chi connectivity index (χ4v) is 1.84. The fourth-order valence-electron chi connectivity index (χ4n) is 1.84. The highest BCUT2D eigenvalue weighted by molar-refractivity contribution is 5.94. The molecule has 1 aromatic heterocycles. The largest absolute Gasteiger partial charge is 0.506 e. The first-order chi connectivity index (χ1) is 8.88. The molecule has 0 spiro atoms. The van der Waals surface area contributed by atoms with Crippen LogP contribution in [-0.2, 0) is 0 Å². The fraction of sp³-hybridized carbons (Fsp3) is 0.333. The van der Waals surface area contributed by atoms with Gasteiger partial charge in [-0.1, -0.05) is 6.08 Å². The van der Waals surface area contributed by atoms with Gasteiger partial charge in [-0.25, -0.2) is 0 Å². The van der Waals surface area contributed by atoms with Crippen LogP contribution in [-0.4, -0.2) is 40.2 Å². The number of halogens is 3. The highest BCUT2D eigenvalue weighted by Gasteiger charge is 2.35. The lowest BCUT2D eigenvalue weighted by atomic mass is 10.1. The molecule has 1 aromatic rings. The van der Waals surface area contributed by atoms with Crippen LogP contribution in [0.2, 0.25) is 0 Å². The molecule has 19 heavy (non-hydrogen) atoms. The van der Waals surface area contributed by atoms with Gasteiger partial charge in [0.2, 0.25) is 0 Å². The van der Waals surface area contributed by atoms with Crippen LogP contribution < -0.4 is 0 Å². The Morgan fingerprint density at radius 3 is 2.63 bits per heavy atom. The molecule has 2 rings (SSSR count). The molecule has 2 heterocycles. The lowest BCUT2D eigenvalue weighted by Gasteiger charge is -2.27. The van der Waals surface area contributed by atoms with Gasteiger partial charge in [0.15, 0.2) is 0 Å². The van der Waals surface area contributed by atoms with Gasteiger partial charge in [0.25, 0.3) is 5.91 Å². The maximum atomic E-state index is 12.4. The summed E-state index contributed by atoms with van der Waals surface area (Å²) in [6, 6.07) is 1.23. The Morgan fingerprint density at radius 2 is 2.11 bits per heavy atom. The van der Waals surface area contributed by atoms with Gasteiger partial charge in [0, 0.05) is 24.9 Å². The zero-order chi connectivity index (χ0) is 14.0. The Hall–Kier alpha value is -2.05. The van der Waals surface area contributed by atoms with E-state index in [4.69, 9.17) is 0 Å². The third kappa shape index (κ3) is 3.04. The van der Waals surface area contributed by atoms with E-state index in [0.29, 0.717) is 0 Å². The number of aromatic hydroxyl groups is 1. The minimum Gasteiger partial charge on any atom is -0.506 e. The molecule has 0 saturated heterocycles. The second kappa shape index (κ2) is 4.91. The zero-order valence-corrected chi connectivity index (χ0v) is 9.81. The van der Waals surface area contributed by atoms with E-state index >= 15 is 0 Å². The zero-order valence-electron chi connectivity index (χ0n) is 9.81. The molecule has 0 radical (unpaired) electrons. The van der Waals surface area contributed by atoms with Gasteiger partial charge in [-0.3, -0.25) is 9.78 Å². The van der Waals surface area contributed by atoms with Gasteiger partial charge in [-0.05, 0) is 12.5 Å². The van der Waals surface area contributed by atoms with Crippen LogP contribution in [0, 0.1) is 0 Å². The first-order valence-electron chi connectivity index (χ1n) is 5.57. The van der Waals surface area contributed by atoms with Crippen molar-refractivity contribution >= 4 is 5.91 Å². The lowest BCUT2D eigenvalue weighted by Crippen LogP contribution is -2.36. The molecule has 1 aliphatic heterocycles. The first-order valence-corrected chi connectivity index (χ1v) is 5.57. The van der Waals surface area contributed by atoms with E-state index in [1.54, 1.807) is 0 Å². The molecule has 1 N–H and O–H groups in total. The summed E-state index contributed by atoms with van der Waals surface area (Å²) in [6.45, 7) is -0.0941. The first kappa shape index (κ1) is 13.4. The normalized spacial score (nSPS) is 16.2. The van der Waals surface area contributed by atoms with Crippen LogP contribution in [0.15, 0.2) is 30.1 Å².